The highest BCUT2D eigenvalue weighted by Crippen LogP contribution is 2.46. The van der Waals surface area contributed by atoms with Crippen molar-refractivity contribution in [3.8, 4) is 0 Å². The van der Waals surface area contributed by atoms with E-state index in [2.05, 4.69) is 0 Å². The molecule has 3 aliphatic rings. The zero-order chi connectivity index (χ0) is 14.7. The van der Waals surface area contributed by atoms with Crippen molar-refractivity contribution in [3.05, 3.63) is 11.4 Å². The number of halogens is 1. The van der Waals surface area contributed by atoms with E-state index in [1.165, 1.54) is 4.90 Å². The maximum Gasteiger partial charge on any atom is 0.251 e. The topological polar surface area (TPSA) is 86.5 Å². The molecule has 0 aliphatic carbocycles. The van der Waals surface area contributed by atoms with E-state index in [1.807, 2.05) is 7.05 Å². The third kappa shape index (κ3) is 2.30. The maximum absolute atomic E-state index is 12.2. The van der Waals surface area contributed by atoms with Gasteiger partial charge < -0.3 is 15.6 Å². The van der Waals surface area contributed by atoms with Gasteiger partial charge in [0.05, 0.1) is 31.9 Å². The molecule has 0 unspecified atom stereocenters. The van der Waals surface area contributed by atoms with Crippen molar-refractivity contribution in [2.24, 2.45) is 5.73 Å². The van der Waals surface area contributed by atoms with Gasteiger partial charge in [0.1, 0.15) is 22.3 Å². The molecule has 2 fully saturated rings. The molecule has 0 aromatic carbocycles. The Hall–Kier alpha value is -0.320. The molecule has 6 nitrogen and oxygen atoms in total. The number of carbonyl (C=O) groups is 2. The minimum Gasteiger partial charge on any atom is -0.543 e. The van der Waals surface area contributed by atoms with E-state index < -0.39 is 11.5 Å². The van der Waals surface area contributed by atoms with Gasteiger partial charge in [-0.2, -0.15) is 0 Å². The Balaban J connectivity index is 0.00000161. The summed E-state index contributed by atoms with van der Waals surface area (Å²) in [5, 5.41) is 11.3. The summed E-state index contributed by atoms with van der Waals surface area (Å²) < 4.78 is 0.605. The number of quaternary nitrogens is 1. The molecule has 118 valence electrons. The molecule has 2 saturated heterocycles. The number of carboxylic acid groups (broad SMARTS) is 1. The van der Waals surface area contributed by atoms with Crippen molar-refractivity contribution in [1.82, 2.24) is 4.90 Å². The number of carbonyl (C=O) groups excluding carboxylic acids is 2. The zero-order valence-electron chi connectivity index (χ0n) is 12.1. The van der Waals surface area contributed by atoms with E-state index in [9.17, 15) is 14.7 Å². The van der Waals surface area contributed by atoms with Crippen LogP contribution in [0.25, 0.3) is 0 Å². The minimum atomic E-state index is -1.26. The number of hydrogen-bond donors (Lipinski definition) is 1. The average molecular weight is 425 g/mol. The van der Waals surface area contributed by atoms with Crippen LogP contribution >= 0.6 is 35.7 Å². The van der Waals surface area contributed by atoms with Crippen LogP contribution in [0.15, 0.2) is 11.4 Å². The lowest BCUT2D eigenvalue weighted by Crippen LogP contribution is -2.77. The van der Waals surface area contributed by atoms with E-state index in [0.29, 0.717) is 10.2 Å². The molecule has 2 atom stereocenters. The third-order valence-electron chi connectivity index (χ3n) is 4.72. The van der Waals surface area contributed by atoms with Crippen LogP contribution in [-0.4, -0.2) is 58.1 Å². The fourth-order valence-corrected chi connectivity index (χ4v) is 5.00. The molecule has 8 heteroatoms. The van der Waals surface area contributed by atoms with Crippen molar-refractivity contribution in [3.63, 3.8) is 0 Å². The van der Waals surface area contributed by atoms with Gasteiger partial charge in [0.25, 0.3) is 5.91 Å². The van der Waals surface area contributed by atoms with Gasteiger partial charge in [0.15, 0.2) is 0 Å². The molecule has 0 radical (unpaired) electrons. The number of thioether (sulfide) groups is 1. The molecule has 0 spiro atoms. The summed E-state index contributed by atoms with van der Waals surface area (Å²) in [6.45, 7) is 3.49. The first-order valence-electron chi connectivity index (χ1n) is 6.83. The predicted molar refractivity (Wildman–Crippen MR) is 88.3 cm³/mol. The molecule has 0 bridgehead atoms. The predicted octanol–water partition coefficient (Wildman–Crippen LogP) is -0.561. The van der Waals surface area contributed by atoms with Gasteiger partial charge in [0.2, 0.25) is 0 Å². The quantitative estimate of drug-likeness (QED) is 0.364. The summed E-state index contributed by atoms with van der Waals surface area (Å²) in [5.74, 6) is -0.987. The van der Waals surface area contributed by atoms with E-state index in [0.717, 1.165) is 31.6 Å². The Kier molecular flexibility index (Phi) is 4.38. The fourth-order valence-electron chi connectivity index (χ4n) is 3.44. The number of nitrogens with two attached hydrogens (primary N) is 1. The maximum atomic E-state index is 12.2. The molecular formula is C13H20IN3O3S. The lowest BCUT2D eigenvalue weighted by atomic mass is 9.90. The Morgan fingerprint density at radius 1 is 1.48 bits per heavy atom. The first kappa shape index (κ1) is 17.0. The Morgan fingerprint density at radius 2 is 2.05 bits per heavy atom. The number of carboxylic acids is 1. The molecule has 3 rings (SSSR count). The lowest BCUT2D eigenvalue weighted by molar-refractivity contribution is -0.860. The van der Waals surface area contributed by atoms with Crippen LogP contribution in [0.2, 0.25) is 0 Å². The number of amides is 1. The molecule has 2 N–H and O–H groups in total. The second-order valence-electron chi connectivity index (χ2n) is 6.25. The number of fused-ring (bicyclic) bond motifs is 1. The van der Waals surface area contributed by atoms with E-state index in [-0.39, 0.29) is 41.0 Å². The highest BCUT2D eigenvalue weighted by atomic mass is 127. The van der Waals surface area contributed by atoms with Crippen LogP contribution in [0, 0.1) is 0 Å². The van der Waals surface area contributed by atoms with Crippen molar-refractivity contribution in [2.75, 3.05) is 25.9 Å². The Labute approximate surface area is 145 Å². The van der Waals surface area contributed by atoms with Crippen LogP contribution in [0.4, 0.5) is 0 Å². The highest BCUT2D eigenvalue weighted by molar-refractivity contribution is 14.0. The summed E-state index contributed by atoms with van der Waals surface area (Å²) in [5.41, 5.74) is 5.85. The SMILES string of the molecule is C[C@]1(N)C(=O)N2C(C(=O)[O-])=C([N+]3(C)CCCC3)CS[C@@H]21.I. The molecule has 0 aromatic rings. The van der Waals surface area contributed by atoms with Crippen molar-refractivity contribution in [2.45, 2.75) is 30.7 Å². The fraction of sp³-hybridized carbons (Fsp3) is 0.692. The summed E-state index contributed by atoms with van der Waals surface area (Å²) in [4.78, 5) is 25.1. The molecular weight excluding hydrogens is 405 g/mol. The van der Waals surface area contributed by atoms with Crippen LogP contribution in [0.3, 0.4) is 0 Å². The third-order valence-corrected chi connectivity index (χ3v) is 6.17. The van der Waals surface area contributed by atoms with Gasteiger partial charge in [-0.25, -0.2) is 0 Å². The van der Waals surface area contributed by atoms with Crippen LogP contribution in [-0.2, 0) is 9.59 Å². The summed E-state index contributed by atoms with van der Waals surface area (Å²) in [6.07, 6.45) is 2.16. The summed E-state index contributed by atoms with van der Waals surface area (Å²) >= 11 is 1.55. The molecule has 3 aliphatic heterocycles. The number of hydrogen-bond acceptors (Lipinski definition) is 5. The molecule has 1 amide bonds. The van der Waals surface area contributed by atoms with Crippen molar-refractivity contribution >= 4 is 47.6 Å². The minimum absolute atomic E-state index is 0. The van der Waals surface area contributed by atoms with Gasteiger partial charge in [-0.1, -0.05) is 0 Å². The second kappa shape index (κ2) is 5.39. The summed E-state index contributed by atoms with van der Waals surface area (Å²) in [6, 6.07) is 0. The van der Waals surface area contributed by atoms with Crippen LogP contribution < -0.4 is 10.8 Å². The zero-order valence-corrected chi connectivity index (χ0v) is 15.3. The Bertz CT molecular complexity index is 529. The van der Waals surface area contributed by atoms with Gasteiger partial charge >= 0.3 is 0 Å². The van der Waals surface area contributed by atoms with Gasteiger partial charge in [-0.3, -0.25) is 14.2 Å². The molecule has 3 heterocycles. The van der Waals surface area contributed by atoms with E-state index in [1.54, 1.807) is 18.7 Å². The number of likely N-dealkylation sites (tertiary alicyclic amines) is 1. The van der Waals surface area contributed by atoms with Crippen LogP contribution in [0.5, 0.6) is 0 Å². The second-order valence-corrected chi connectivity index (χ2v) is 7.32. The van der Waals surface area contributed by atoms with Crippen molar-refractivity contribution < 1.29 is 19.2 Å². The lowest BCUT2D eigenvalue weighted by Gasteiger charge is -2.55. The molecule has 0 aromatic heterocycles. The van der Waals surface area contributed by atoms with Gasteiger partial charge in [0, 0.05) is 12.8 Å². The van der Waals surface area contributed by atoms with Gasteiger partial charge in [-0.05, 0) is 6.92 Å². The Morgan fingerprint density at radius 3 is 2.57 bits per heavy atom. The number of β-lactam (4-membered cyclic amide) rings is 1. The van der Waals surface area contributed by atoms with E-state index >= 15 is 0 Å². The smallest absolute Gasteiger partial charge is 0.251 e. The standard InChI is InChI=1S/C13H19N3O3S.HI/c1-13(14)11(19)15-9(10(17)18)8(7-20-12(13)15)16(2)5-3-4-6-16;/h12H,3-7,14H2,1-2H3;1H/t12-,13+;/m1./s1. The van der Waals surface area contributed by atoms with Gasteiger partial charge in [-0.15, -0.1) is 35.7 Å². The first-order valence-corrected chi connectivity index (χ1v) is 7.88. The summed E-state index contributed by atoms with van der Waals surface area (Å²) in [7, 11) is 2.04. The number of aliphatic carboxylic acids is 1. The number of nitrogens with zero attached hydrogens (tertiary/aromatic N) is 2. The highest BCUT2D eigenvalue weighted by Gasteiger charge is 2.60. The first-order chi connectivity index (χ1) is 9.29. The monoisotopic (exact) mass is 425 g/mol. The van der Waals surface area contributed by atoms with E-state index in [4.69, 9.17) is 5.73 Å². The average Bonchev–Trinajstić information content (AvgIpc) is 2.84. The number of rotatable bonds is 2. The van der Waals surface area contributed by atoms with Crippen molar-refractivity contribution in [1.29, 1.82) is 0 Å². The molecule has 21 heavy (non-hydrogen) atoms. The largest absolute Gasteiger partial charge is 0.543 e. The molecule has 0 saturated carbocycles. The van der Waals surface area contributed by atoms with Crippen LogP contribution in [0.1, 0.15) is 19.8 Å². The normalized spacial score (nSPS) is 34.1.